The number of ether oxygens (including phenoxy) is 1. The molecule has 5 rings (SSSR count). The second kappa shape index (κ2) is 7.59. The van der Waals surface area contributed by atoms with Gasteiger partial charge in [0, 0.05) is 5.39 Å². The molecular weight excluding hydrogens is 410 g/mol. The standard InChI is InChI=1S/C24H17N3O5/c1-15-13-17(7-9-20(15)32-19-5-3-2-4-6-19)26-22(28)25-23(29)27(24(26)30)18-8-10-21-16(14-18)11-12-31-21/h2-14H,1H3,(H,25,28,29). The molecule has 2 aromatic heterocycles. The van der Waals surface area contributed by atoms with E-state index in [-0.39, 0.29) is 0 Å². The van der Waals surface area contributed by atoms with Gasteiger partial charge in [-0.25, -0.2) is 23.5 Å². The van der Waals surface area contributed by atoms with E-state index in [0.29, 0.717) is 28.5 Å². The number of aromatic amines is 1. The number of nitrogens with zero attached hydrogens (tertiary/aromatic N) is 2. The third-order valence-corrected chi connectivity index (χ3v) is 5.08. The van der Waals surface area contributed by atoms with Crippen molar-refractivity contribution in [2.75, 3.05) is 0 Å². The molecule has 0 aliphatic heterocycles. The largest absolute Gasteiger partial charge is 0.464 e. The molecule has 158 valence electrons. The van der Waals surface area contributed by atoms with Gasteiger partial charge in [-0.3, -0.25) is 4.98 Å². The summed E-state index contributed by atoms with van der Waals surface area (Å²) in [5.41, 5.74) is -0.451. The number of aromatic nitrogens is 3. The van der Waals surface area contributed by atoms with E-state index >= 15 is 0 Å². The number of aryl methyl sites for hydroxylation is 1. The zero-order chi connectivity index (χ0) is 22.2. The fourth-order valence-electron chi connectivity index (χ4n) is 3.53. The third-order valence-electron chi connectivity index (χ3n) is 5.08. The first-order chi connectivity index (χ1) is 15.5. The van der Waals surface area contributed by atoms with Gasteiger partial charge in [-0.2, -0.15) is 0 Å². The van der Waals surface area contributed by atoms with Crippen LogP contribution in [0, 0.1) is 6.92 Å². The molecule has 0 unspecified atom stereocenters. The van der Waals surface area contributed by atoms with Crippen LogP contribution in [0.3, 0.4) is 0 Å². The lowest BCUT2D eigenvalue weighted by atomic mass is 10.2. The maximum atomic E-state index is 13.2. The van der Waals surface area contributed by atoms with E-state index in [1.165, 1.54) is 6.26 Å². The normalized spacial score (nSPS) is 11.0. The Morgan fingerprint density at radius 1 is 0.812 bits per heavy atom. The summed E-state index contributed by atoms with van der Waals surface area (Å²) in [6.07, 6.45) is 1.52. The monoisotopic (exact) mass is 427 g/mol. The molecule has 0 atom stereocenters. The van der Waals surface area contributed by atoms with E-state index in [1.807, 2.05) is 37.3 Å². The molecule has 32 heavy (non-hydrogen) atoms. The van der Waals surface area contributed by atoms with Gasteiger partial charge in [0.2, 0.25) is 0 Å². The summed E-state index contributed by atoms with van der Waals surface area (Å²) in [6.45, 7) is 1.81. The number of nitrogens with one attached hydrogen (secondary N) is 1. The Morgan fingerprint density at radius 2 is 1.50 bits per heavy atom. The van der Waals surface area contributed by atoms with E-state index in [1.54, 1.807) is 42.5 Å². The van der Waals surface area contributed by atoms with Crippen molar-refractivity contribution in [2.24, 2.45) is 0 Å². The topological polar surface area (TPSA) is 99.2 Å². The van der Waals surface area contributed by atoms with E-state index in [0.717, 1.165) is 20.1 Å². The Morgan fingerprint density at radius 3 is 2.22 bits per heavy atom. The molecule has 0 saturated heterocycles. The summed E-state index contributed by atoms with van der Waals surface area (Å²) >= 11 is 0. The number of furan rings is 1. The van der Waals surface area contributed by atoms with Crippen molar-refractivity contribution in [3.63, 3.8) is 0 Å². The van der Waals surface area contributed by atoms with Crippen molar-refractivity contribution >= 4 is 11.0 Å². The van der Waals surface area contributed by atoms with Gasteiger partial charge in [-0.15, -0.1) is 0 Å². The predicted octanol–water partition coefficient (Wildman–Crippen LogP) is 3.52. The van der Waals surface area contributed by atoms with Crippen molar-refractivity contribution < 1.29 is 9.15 Å². The second-order valence-electron chi connectivity index (χ2n) is 7.20. The molecular formula is C24H17N3O5. The summed E-state index contributed by atoms with van der Waals surface area (Å²) in [7, 11) is 0. The van der Waals surface area contributed by atoms with Crippen molar-refractivity contribution in [2.45, 2.75) is 6.92 Å². The number of H-pyrrole nitrogens is 1. The van der Waals surface area contributed by atoms with Gasteiger partial charge in [0.15, 0.2) is 0 Å². The minimum atomic E-state index is -0.822. The lowest BCUT2D eigenvalue weighted by Gasteiger charge is -2.12. The van der Waals surface area contributed by atoms with Crippen LogP contribution >= 0.6 is 0 Å². The summed E-state index contributed by atoms with van der Waals surface area (Å²) in [6, 6.07) is 20.8. The van der Waals surface area contributed by atoms with Gasteiger partial charge in [-0.1, -0.05) is 18.2 Å². The van der Waals surface area contributed by atoms with Crippen molar-refractivity contribution in [1.82, 2.24) is 14.1 Å². The summed E-state index contributed by atoms with van der Waals surface area (Å²) in [5.74, 6) is 1.25. The molecule has 0 amide bonds. The van der Waals surface area contributed by atoms with Crippen LogP contribution in [-0.2, 0) is 0 Å². The number of hydrogen-bond acceptors (Lipinski definition) is 5. The Hall–Kier alpha value is -4.59. The van der Waals surface area contributed by atoms with Gasteiger partial charge < -0.3 is 9.15 Å². The molecule has 2 heterocycles. The Kier molecular flexibility index (Phi) is 4.59. The Labute approximate surface area is 180 Å². The predicted molar refractivity (Wildman–Crippen MR) is 119 cm³/mol. The number of benzene rings is 3. The highest BCUT2D eigenvalue weighted by Gasteiger charge is 2.15. The zero-order valence-corrected chi connectivity index (χ0v) is 16.9. The van der Waals surface area contributed by atoms with Crippen LogP contribution in [0.15, 0.2) is 97.9 Å². The fourth-order valence-corrected chi connectivity index (χ4v) is 3.53. The lowest BCUT2D eigenvalue weighted by Crippen LogP contribution is -2.48. The van der Waals surface area contributed by atoms with E-state index < -0.39 is 17.1 Å². The first-order valence-corrected chi connectivity index (χ1v) is 9.81. The number of rotatable bonds is 4. The fraction of sp³-hybridized carbons (Fsp3) is 0.0417. The second-order valence-corrected chi connectivity index (χ2v) is 7.20. The molecule has 1 N–H and O–H groups in total. The van der Waals surface area contributed by atoms with Crippen LogP contribution in [0.1, 0.15) is 5.56 Å². The van der Waals surface area contributed by atoms with Crippen LogP contribution in [-0.4, -0.2) is 14.1 Å². The van der Waals surface area contributed by atoms with E-state index in [2.05, 4.69) is 4.98 Å². The van der Waals surface area contributed by atoms with Crippen LogP contribution in [0.25, 0.3) is 22.3 Å². The van der Waals surface area contributed by atoms with Crippen molar-refractivity contribution in [1.29, 1.82) is 0 Å². The number of fused-ring (bicyclic) bond motifs is 1. The van der Waals surface area contributed by atoms with Gasteiger partial charge in [0.1, 0.15) is 17.1 Å². The minimum Gasteiger partial charge on any atom is -0.464 e. The Balaban J connectivity index is 1.62. The molecule has 3 aromatic carbocycles. The third kappa shape index (κ3) is 3.33. The van der Waals surface area contributed by atoms with E-state index in [9.17, 15) is 14.4 Å². The summed E-state index contributed by atoms with van der Waals surface area (Å²) in [5, 5.41) is 0.727. The quantitative estimate of drug-likeness (QED) is 0.473. The van der Waals surface area contributed by atoms with Gasteiger partial charge in [-0.05, 0) is 67.1 Å². The van der Waals surface area contributed by atoms with Crippen LogP contribution in [0.2, 0.25) is 0 Å². The minimum absolute atomic E-state index is 0.312. The average molecular weight is 427 g/mol. The van der Waals surface area contributed by atoms with Gasteiger partial charge in [0.25, 0.3) is 0 Å². The highest BCUT2D eigenvalue weighted by molar-refractivity contribution is 5.79. The summed E-state index contributed by atoms with van der Waals surface area (Å²) in [4.78, 5) is 40.5. The highest BCUT2D eigenvalue weighted by atomic mass is 16.5. The van der Waals surface area contributed by atoms with E-state index in [4.69, 9.17) is 9.15 Å². The SMILES string of the molecule is Cc1cc(-n2c(=O)[nH]c(=O)n(-c3ccc4occc4c3)c2=O)ccc1Oc1ccccc1. The molecule has 0 spiro atoms. The molecule has 8 heteroatoms. The number of para-hydroxylation sites is 1. The van der Waals surface area contributed by atoms with Crippen LogP contribution in [0.4, 0.5) is 0 Å². The molecule has 0 fully saturated rings. The molecule has 0 aliphatic rings. The highest BCUT2D eigenvalue weighted by Crippen LogP contribution is 2.26. The number of hydrogen-bond donors (Lipinski definition) is 1. The maximum absolute atomic E-state index is 13.2. The smallest absolute Gasteiger partial charge is 0.345 e. The summed E-state index contributed by atoms with van der Waals surface area (Å²) < 4.78 is 13.0. The van der Waals surface area contributed by atoms with Crippen molar-refractivity contribution in [3.8, 4) is 22.9 Å². The maximum Gasteiger partial charge on any atom is 0.345 e. The molecule has 0 bridgehead atoms. The lowest BCUT2D eigenvalue weighted by molar-refractivity contribution is 0.478. The molecule has 0 aliphatic carbocycles. The van der Waals surface area contributed by atoms with Crippen molar-refractivity contribution in [3.05, 3.63) is 116 Å². The van der Waals surface area contributed by atoms with Gasteiger partial charge >= 0.3 is 17.1 Å². The Bertz CT molecular complexity index is 1620. The molecule has 0 radical (unpaired) electrons. The molecule has 8 nitrogen and oxygen atoms in total. The molecule has 0 saturated carbocycles. The molecule has 5 aromatic rings. The van der Waals surface area contributed by atoms with Crippen LogP contribution < -0.4 is 21.8 Å². The zero-order valence-electron chi connectivity index (χ0n) is 16.9. The van der Waals surface area contributed by atoms with Gasteiger partial charge in [0.05, 0.1) is 17.6 Å². The average Bonchev–Trinajstić information content (AvgIpc) is 3.24. The first kappa shape index (κ1) is 19.4. The van der Waals surface area contributed by atoms with Crippen LogP contribution in [0.5, 0.6) is 11.5 Å². The first-order valence-electron chi connectivity index (χ1n) is 9.81.